The Labute approximate surface area is 138 Å². The summed E-state index contributed by atoms with van der Waals surface area (Å²) >= 11 is 0. The van der Waals surface area contributed by atoms with E-state index in [4.69, 9.17) is 5.21 Å². The molecule has 6 heteroatoms. The number of para-hydroxylation sites is 1. The number of hydrogen-bond acceptors (Lipinski definition) is 3. The van der Waals surface area contributed by atoms with Crippen molar-refractivity contribution in [2.75, 3.05) is 5.32 Å². The molecule has 2 aromatic carbocycles. The van der Waals surface area contributed by atoms with E-state index in [1.54, 1.807) is 29.7 Å². The Hall–Kier alpha value is -3.12. The van der Waals surface area contributed by atoms with E-state index in [1.807, 2.05) is 30.5 Å². The number of fused-ring (bicyclic) bond motifs is 1. The maximum Gasteiger partial charge on any atom is 0.247 e. The number of rotatable bonds is 5. The Morgan fingerprint density at radius 1 is 0.958 bits per heavy atom. The first-order valence-electron chi connectivity index (χ1n) is 7.52. The number of carbonyl (C=O) groups is 2. The molecule has 122 valence electrons. The van der Waals surface area contributed by atoms with E-state index in [0.717, 1.165) is 22.0 Å². The molecule has 0 aliphatic carbocycles. The van der Waals surface area contributed by atoms with Crippen LogP contribution in [-0.2, 0) is 22.4 Å². The van der Waals surface area contributed by atoms with Gasteiger partial charge in [0.05, 0.1) is 12.8 Å². The number of carbonyl (C=O) groups excluding carboxylic acids is 2. The molecular weight excluding hydrogens is 306 g/mol. The molecule has 0 aliphatic heterocycles. The number of aromatic nitrogens is 1. The van der Waals surface area contributed by atoms with Crippen LogP contribution >= 0.6 is 0 Å². The van der Waals surface area contributed by atoms with Crippen LogP contribution in [0, 0.1) is 0 Å². The van der Waals surface area contributed by atoms with E-state index in [0.29, 0.717) is 5.69 Å². The molecule has 0 saturated heterocycles. The fourth-order valence-corrected chi connectivity index (χ4v) is 2.59. The van der Waals surface area contributed by atoms with E-state index in [2.05, 4.69) is 10.3 Å². The first-order chi connectivity index (χ1) is 11.7. The molecule has 1 aromatic heterocycles. The van der Waals surface area contributed by atoms with Crippen LogP contribution < -0.4 is 10.8 Å². The zero-order valence-corrected chi connectivity index (χ0v) is 12.9. The van der Waals surface area contributed by atoms with E-state index < -0.39 is 5.91 Å². The minimum atomic E-state index is -0.480. The average molecular weight is 323 g/mol. The SMILES string of the molecule is O=C(Cc1ccc(NC(=O)Cc2c[nH]c3ccccc23)cc1)NO. The quantitative estimate of drug-likeness (QED) is 0.429. The number of anilines is 1. The molecule has 2 amide bonds. The largest absolute Gasteiger partial charge is 0.361 e. The lowest BCUT2D eigenvalue weighted by Gasteiger charge is -2.06. The van der Waals surface area contributed by atoms with Crippen molar-refractivity contribution in [3.63, 3.8) is 0 Å². The maximum atomic E-state index is 12.2. The Kier molecular flexibility index (Phi) is 4.58. The lowest BCUT2D eigenvalue weighted by atomic mass is 10.1. The van der Waals surface area contributed by atoms with Gasteiger partial charge in [-0.1, -0.05) is 30.3 Å². The highest BCUT2D eigenvalue weighted by molar-refractivity contribution is 5.95. The number of amides is 2. The highest BCUT2D eigenvalue weighted by Crippen LogP contribution is 2.19. The zero-order chi connectivity index (χ0) is 16.9. The number of benzene rings is 2. The maximum absolute atomic E-state index is 12.2. The van der Waals surface area contributed by atoms with Gasteiger partial charge in [-0.15, -0.1) is 0 Å². The fraction of sp³-hybridized carbons (Fsp3) is 0.111. The summed E-state index contributed by atoms with van der Waals surface area (Å²) in [6.45, 7) is 0. The molecule has 3 rings (SSSR count). The Morgan fingerprint density at radius 3 is 2.46 bits per heavy atom. The van der Waals surface area contributed by atoms with E-state index in [9.17, 15) is 9.59 Å². The van der Waals surface area contributed by atoms with Crippen molar-refractivity contribution >= 4 is 28.4 Å². The monoisotopic (exact) mass is 323 g/mol. The Bertz CT molecular complexity index is 869. The lowest BCUT2D eigenvalue weighted by Crippen LogP contribution is -2.20. The standard InChI is InChI=1S/C18H17N3O3/c22-17(10-13-11-19-16-4-2-1-3-15(13)16)20-14-7-5-12(6-8-14)9-18(23)21-24/h1-8,11,19,24H,9-10H2,(H,20,22)(H,21,23). The number of hydrogen-bond donors (Lipinski definition) is 4. The summed E-state index contributed by atoms with van der Waals surface area (Å²) in [5.41, 5.74) is 4.94. The van der Waals surface area contributed by atoms with Crippen molar-refractivity contribution in [2.24, 2.45) is 0 Å². The van der Waals surface area contributed by atoms with Crippen molar-refractivity contribution in [2.45, 2.75) is 12.8 Å². The van der Waals surface area contributed by atoms with Crippen LogP contribution in [-0.4, -0.2) is 22.0 Å². The van der Waals surface area contributed by atoms with Crippen LogP contribution in [0.4, 0.5) is 5.69 Å². The third-order valence-electron chi connectivity index (χ3n) is 3.75. The van der Waals surface area contributed by atoms with Crippen LogP contribution in [0.15, 0.2) is 54.7 Å². The number of nitrogens with one attached hydrogen (secondary N) is 3. The summed E-state index contributed by atoms with van der Waals surface area (Å²) in [4.78, 5) is 26.5. The van der Waals surface area contributed by atoms with Gasteiger partial charge in [-0.3, -0.25) is 14.8 Å². The summed E-state index contributed by atoms with van der Waals surface area (Å²) in [6.07, 6.45) is 2.21. The minimum Gasteiger partial charge on any atom is -0.361 e. The van der Waals surface area contributed by atoms with Gasteiger partial charge in [0, 0.05) is 22.8 Å². The second-order valence-electron chi connectivity index (χ2n) is 5.49. The Morgan fingerprint density at radius 2 is 1.71 bits per heavy atom. The van der Waals surface area contributed by atoms with Crippen molar-refractivity contribution in [1.29, 1.82) is 0 Å². The zero-order valence-electron chi connectivity index (χ0n) is 12.9. The smallest absolute Gasteiger partial charge is 0.247 e. The molecule has 1 heterocycles. The molecule has 0 fully saturated rings. The average Bonchev–Trinajstić information content (AvgIpc) is 2.99. The summed E-state index contributed by atoms with van der Waals surface area (Å²) in [7, 11) is 0. The highest BCUT2D eigenvalue weighted by atomic mass is 16.5. The van der Waals surface area contributed by atoms with Crippen LogP contribution in [0.1, 0.15) is 11.1 Å². The highest BCUT2D eigenvalue weighted by Gasteiger charge is 2.09. The number of hydroxylamine groups is 1. The fourth-order valence-electron chi connectivity index (χ4n) is 2.59. The summed E-state index contributed by atoms with van der Waals surface area (Å²) in [6, 6.07) is 14.8. The van der Waals surface area contributed by atoms with Crippen LogP contribution in [0.3, 0.4) is 0 Å². The third-order valence-corrected chi connectivity index (χ3v) is 3.75. The molecule has 24 heavy (non-hydrogen) atoms. The molecule has 0 spiro atoms. The van der Waals surface area contributed by atoms with Crippen molar-refractivity contribution in [1.82, 2.24) is 10.5 Å². The van der Waals surface area contributed by atoms with E-state index in [-0.39, 0.29) is 18.7 Å². The Balaban J connectivity index is 1.63. The van der Waals surface area contributed by atoms with Gasteiger partial charge >= 0.3 is 0 Å². The van der Waals surface area contributed by atoms with E-state index in [1.165, 1.54) is 0 Å². The van der Waals surface area contributed by atoms with Gasteiger partial charge in [0.1, 0.15) is 0 Å². The first kappa shape index (κ1) is 15.8. The van der Waals surface area contributed by atoms with Crippen molar-refractivity contribution in [3.05, 3.63) is 65.9 Å². The molecule has 0 radical (unpaired) electrons. The first-order valence-corrected chi connectivity index (χ1v) is 7.52. The van der Waals surface area contributed by atoms with Crippen LogP contribution in [0.2, 0.25) is 0 Å². The molecular formula is C18H17N3O3. The van der Waals surface area contributed by atoms with Gasteiger partial charge in [-0.05, 0) is 29.3 Å². The van der Waals surface area contributed by atoms with Crippen LogP contribution in [0.25, 0.3) is 10.9 Å². The molecule has 0 unspecified atom stereocenters. The van der Waals surface area contributed by atoms with Gasteiger partial charge in [0.15, 0.2) is 0 Å². The van der Waals surface area contributed by atoms with Gasteiger partial charge in [-0.2, -0.15) is 0 Å². The van der Waals surface area contributed by atoms with E-state index >= 15 is 0 Å². The van der Waals surface area contributed by atoms with Crippen molar-refractivity contribution < 1.29 is 14.8 Å². The predicted octanol–water partition coefficient (Wildman–Crippen LogP) is 2.40. The summed E-state index contributed by atoms with van der Waals surface area (Å²) in [5, 5.41) is 12.4. The molecule has 0 aliphatic rings. The minimum absolute atomic E-state index is 0.0834. The topological polar surface area (TPSA) is 94.2 Å². The molecule has 4 N–H and O–H groups in total. The third kappa shape index (κ3) is 3.61. The molecule has 0 atom stereocenters. The molecule has 6 nitrogen and oxygen atoms in total. The summed E-state index contributed by atoms with van der Waals surface area (Å²) < 4.78 is 0. The van der Waals surface area contributed by atoms with Gasteiger partial charge in [0.2, 0.25) is 11.8 Å². The normalized spacial score (nSPS) is 10.5. The molecule has 0 saturated carbocycles. The second kappa shape index (κ2) is 6.97. The summed E-state index contributed by atoms with van der Waals surface area (Å²) in [5.74, 6) is -0.591. The number of aromatic amines is 1. The van der Waals surface area contributed by atoms with Gasteiger partial charge in [-0.25, -0.2) is 5.48 Å². The number of H-pyrrole nitrogens is 1. The van der Waals surface area contributed by atoms with Gasteiger partial charge < -0.3 is 10.3 Å². The van der Waals surface area contributed by atoms with Crippen LogP contribution in [0.5, 0.6) is 0 Å². The second-order valence-corrected chi connectivity index (χ2v) is 5.49. The lowest BCUT2D eigenvalue weighted by molar-refractivity contribution is -0.128. The molecule has 0 bridgehead atoms. The molecule has 3 aromatic rings. The van der Waals surface area contributed by atoms with Gasteiger partial charge in [0.25, 0.3) is 0 Å². The predicted molar refractivity (Wildman–Crippen MR) is 90.7 cm³/mol. The van der Waals surface area contributed by atoms with Crippen molar-refractivity contribution in [3.8, 4) is 0 Å².